The molecule has 0 aliphatic heterocycles. The summed E-state index contributed by atoms with van der Waals surface area (Å²) in [6, 6.07) is 59.6. The van der Waals surface area contributed by atoms with E-state index in [1.54, 1.807) is 0 Å². The summed E-state index contributed by atoms with van der Waals surface area (Å²) in [5.74, 6) is 1.06. The molecule has 2 aliphatic carbocycles. The largest absolute Gasteiger partial charge is 0.454 e. The molecule has 2 saturated carbocycles. The first kappa shape index (κ1) is 43.2. The van der Waals surface area contributed by atoms with Crippen LogP contribution in [0.25, 0.3) is 76.2 Å². The number of benzene rings is 10. The van der Waals surface area contributed by atoms with Crippen molar-refractivity contribution < 1.29 is 8.83 Å². The Balaban J connectivity index is 0.999. The van der Waals surface area contributed by atoms with Crippen molar-refractivity contribution in [3.05, 3.63) is 191 Å². The van der Waals surface area contributed by atoms with Crippen molar-refractivity contribution in [1.29, 1.82) is 0 Å². The van der Waals surface area contributed by atoms with Gasteiger partial charge < -0.3 is 18.6 Å². The van der Waals surface area contributed by atoms with Crippen molar-refractivity contribution in [2.75, 3.05) is 9.80 Å². The third-order valence-corrected chi connectivity index (χ3v) is 17.2. The number of para-hydroxylation sites is 4. The lowest BCUT2D eigenvalue weighted by molar-refractivity contribution is 0.442. The highest BCUT2D eigenvalue weighted by Crippen LogP contribution is 2.52. The van der Waals surface area contributed by atoms with Crippen LogP contribution in [-0.2, 0) is 0 Å². The van der Waals surface area contributed by atoms with E-state index >= 15 is 0 Å². The lowest BCUT2D eigenvalue weighted by Crippen LogP contribution is -2.12. The van der Waals surface area contributed by atoms with Crippen LogP contribution < -0.4 is 9.80 Å². The summed E-state index contributed by atoms with van der Waals surface area (Å²) in [6.45, 7) is 8.86. The van der Waals surface area contributed by atoms with Crippen LogP contribution in [-0.4, -0.2) is 0 Å². The summed E-state index contributed by atoms with van der Waals surface area (Å²) in [5.41, 5.74) is 18.3. The van der Waals surface area contributed by atoms with Gasteiger partial charge in [0.1, 0.15) is 11.2 Å². The number of furan rings is 2. The molecule has 0 saturated heterocycles. The monoisotopic (exact) mass is 936 g/mol. The third kappa shape index (κ3) is 6.78. The molecule has 0 bridgehead atoms. The number of aryl methyl sites for hydroxylation is 4. The second-order valence-corrected chi connectivity index (χ2v) is 21.4. The SMILES string of the molecule is Cc1ccc(N(c2ccc3ccc4c(N(c5ccc(C)c(C)c5)c5cccc6c5oc5c(C7CCCCC7)cccc56)ccc5ccc2c3c54)c2cccc3c2oc2c(C4CCCCC4)cccc23)cc1C. The van der Waals surface area contributed by atoms with Crippen molar-refractivity contribution in [3.63, 3.8) is 0 Å². The quantitative estimate of drug-likeness (QED) is 0.142. The maximum Gasteiger partial charge on any atom is 0.159 e. The molecular formula is C68H60N2O2. The van der Waals surface area contributed by atoms with E-state index in [1.807, 2.05) is 0 Å². The van der Waals surface area contributed by atoms with Crippen LogP contribution in [0.3, 0.4) is 0 Å². The molecule has 0 amide bonds. The Labute approximate surface area is 421 Å². The van der Waals surface area contributed by atoms with Crippen LogP contribution in [0.2, 0.25) is 0 Å². The van der Waals surface area contributed by atoms with Crippen molar-refractivity contribution in [2.24, 2.45) is 0 Å². The molecule has 0 atom stereocenters. The first-order chi connectivity index (χ1) is 35.4. The molecule has 2 aliphatic rings. The third-order valence-electron chi connectivity index (χ3n) is 17.2. The number of hydrogen-bond donors (Lipinski definition) is 0. The topological polar surface area (TPSA) is 32.8 Å². The number of rotatable bonds is 8. The second kappa shape index (κ2) is 17.1. The van der Waals surface area contributed by atoms with Crippen molar-refractivity contribution in [1.82, 2.24) is 0 Å². The molecule has 4 heteroatoms. The Morgan fingerprint density at radius 1 is 0.333 bits per heavy atom. The maximum absolute atomic E-state index is 7.24. The van der Waals surface area contributed by atoms with Crippen LogP contribution in [0.1, 0.15) is 109 Å². The highest BCUT2D eigenvalue weighted by Gasteiger charge is 2.28. The lowest BCUT2D eigenvalue weighted by atomic mass is 9.83. The first-order valence-electron chi connectivity index (χ1n) is 26.7. The van der Waals surface area contributed by atoms with Crippen molar-refractivity contribution >= 4 is 110 Å². The van der Waals surface area contributed by atoms with Gasteiger partial charge in [-0.05, 0) is 169 Å². The maximum atomic E-state index is 7.24. The summed E-state index contributed by atoms with van der Waals surface area (Å²) in [7, 11) is 0. The summed E-state index contributed by atoms with van der Waals surface area (Å²) in [5, 5.41) is 12.1. The average Bonchev–Trinajstić information content (AvgIpc) is 4.01. The van der Waals surface area contributed by atoms with E-state index in [0.29, 0.717) is 11.8 Å². The number of fused-ring (bicyclic) bond motifs is 6. The molecule has 0 radical (unpaired) electrons. The van der Waals surface area contributed by atoms with Crippen molar-refractivity contribution in [3.8, 4) is 0 Å². The highest BCUT2D eigenvalue weighted by atomic mass is 16.3. The molecule has 2 fully saturated rings. The molecule has 2 heterocycles. The van der Waals surface area contributed by atoms with E-state index in [-0.39, 0.29) is 0 Å². The molecule has 354 valence electrons. The van der Waals surface area contributed by atoms with E-state index in [9.17, 15) is 0 Å². The van der Waals surface area contributed by atoms with Gasteiger partial charge >= 0.3 is 0 Å². The zero-order valence-corrected chi connectivity index (χ0v) is 41.9. The Hall–Kier alpha value is -7.56. The van der Waals surface area contributed by atoms with Gasteiger partial charge in [0.25, 0.3) is 0 Å². The van der Waals surface area contributed by atoms with Crippen molar-refractivity contribution in [2.45, 2.75) is 104 Å². The van der Waals surface area contributed by atoms with Crippen LogP contribution in [0.4, 0.5) is 34.1 Å². The zero-order valence-electron chi connectivity index (χ0n) is 41.9. The van der Waals surface area contributed by atoms with Crippen LogP contribution >= 0.6 is 0 Å². The molecule has 0 unspecified atom stereocenters. The predicted octanol–water partition coefficient (Wildman–Crippen LogP) is 20.7. The number of hydrogen-bond acceptors (Lipinski definition) is 4. The Kier molecular flexibility index (Phi) is 10.2. The van der Waals surface area contributed by atoms with E-state index in [4.69, 9.17) is 8.83 Å². The highest BCUT2D eigenvalue weighted by molar-refractivity contribution is 6.29. The van der Waals surface area contributed by atoms with Gasteiger partial charge in [-0.25, -0.2) is 0 Å². The lowest BCUT2D eigenvalue weighted by Gasteiger charge is -2.29. The first-order valence-corrected chi connectivity index (χ1v) is 26.7. The molecule has 0 spiro atoms. The van der Waals surface area contributed by atoms with Crippen LogP contribution in [0.15, 0.2) is 167 Å². The molecule has 72 heavy (non-hydrogen) atoms. The normalized spacial score (nSPS) is 15.1. The molecule has 10 aromatic carbocycles. The van der Waals surface area contributed by atoms with E-state index in [2.05, 4.69) is 195 Å². The van der Waals surface area contributed by atoms with Crippen LogP contribution in [0.5, 0.6) is 0 Å². The van der Waals surface area contributed by atoms with E-state index in [1.165, 1.54) is 141 Å². The van der Waals surface area contributed by atoms with Gasteiger partial charge in [-0.3, -0.25) is 0 Å². The van der Waals surface area contributed by atoms with Gasteiger partial charge in [0.15, 0.2) is 11.2 Å². The molecule has 12 aromatic rings. The molecule has 2 aromatic heterocycles. The summed E-state index contributed by atoms with van der Waals surface area (Å²) in [6.07, 6.45) is 12.7. The van der Waals surface area contributed by atoms with Gasteiger partial charge in [0.05, 0.1) is 22.7 Å². The Bertz CT molecular complexity index is 3820. The number of nitrogens with zero attached hydrogens (tertiary/aromatic N) is 2. The molecule has 14 rings (SSSR count). The average molecular weight is 937 g/mol. The minimum atomic E-state index is 0.529. The summed E-state index contributed by atoms with van der Waals surface area (Å²) < 4.78 is 14.5. The van der Waals surface area contributed by atoms with E-state index < -0.39 is 0 Å². The summed E-state index contributed by atoms with van der Waals surface area (Å²) >= 11 is 0. The minimum absolute atomic E-state index is 0.529. The number of anilines is 6. The van der Waals surface area contributed by atoms with Gasteiger partial charge in [-0.15, -0.1) is 0 Å². The fraction of sp³-hybridized carbons (Fsp3) is 0.235. The second-order valence-electron chi connectivity index (χ2n) is 21.4. The Morgan fingerprint density at radius 3 is 1.14 bits per heavy atom. The summed E-state index contributed by atoms with van der Waals surface area (Å²) in [4.78, 5) is 4.94. The van der Waals surface area contributed by atoms with E-state index in [0.717, 1.165) is 67.2 Å². The van der Waals surface area contributed by atoms with Gasteiger partial charge in [-0.1, -0.05) is 148 Å². The van der Waals surface area contributed by atoms with Gasteiger partial charge in [0, 0.05) is 43.7 Å². The fourth-order valence-corrected chi connectivity index (χ4v) is 13.2. The van der Waals surface area contributed by atoms with Gasteiger partial charge in [-0.2, -0.15) is 0 Å². The smallest absolute Gasteiger partial charge is 0.159 e. The minimum Gasteiger partial charge on any atom is -0.454 e. The molecule has 0 N–H and O–H groups in total. The predicted molar refractivity (Wildman–Crippen MR) is 305 cm³/mol. The zero-order chi connectivity index (χ0) is 48.2. The molecule has 4 nitrogen and oxygen atoms in total. The van der Waals surface area contributed by atoms with Crippen LogP contribution in [0, 0.1) is 27.7 Å². The standard InChI is InChI=1S/C68H60N2O2/c1-41-27-33-49(39-43(41)3)69(61-25-13-23-55-53-21-11-19-51(65(53)71-67(55)61)45-15-7-5-8-16-45)59-37-31-47-30-36-58-60(38-32-48-29-35-57(59)63(47)64(48)58)70(50-34-28-42(2)44(4)40-50)62-26-14-24-56-54-22-12-20-52(66(54)72-68(56)62)46-17-9-6-10-18-46/h11-14,19-40,45-46H,5-10,15-18H2,1-4H3. The van der Waals surface area contributed by atoms with Gasteiger partial charge in [0.2, 0.25) is 0 Å². The molecular weight excluding hydrogens is 877 g/mol. The fourth-order valence-electron chi connectivity index (χ4n) is 13.2. The Morgan fingerprint density at radius 2 is 0.722 bits per heavy atom.